The summed E-state index contributed by atoms with van der Waals surface area (Å²) in [5, 5.41) is 2.88. The quantitative estimate of drug-likeness (QED) is 0.562. The zero-order valence-corrected chi connectivity index (χ0v) is 7.52. The van der Waals surface area contributed by atoms with Crippen LogP contribution in [0.4, 0.5) is 0 Å². The van der Waals surface area contributed by atoms with E-state index < -0.39 is 0 Å². The Morgan fingerprint density at radius 1 is 1.36 bits per heavy atom. The molecule has 1 amide bonds. The molecule has 0 aromatic carbocycles. The molecule has 1 N–H and O–H groups in total. The van der Waals surface area contributed by atoms with E-state index in [-0.39, 0.29) is 23.7 Å². The van der Waals surface area contributed by atoms with Crippen LogP contribution in [-0.2, 0) is 9.53 Å². The summed E-state index contributed by atoms with van der Waals surface area (Å²) in [6.45, 7) is 8.06. The topological polar surface area (TPSA) is 38.3 Å². The van der Waals surface area contributed by atoms with Gasteiger partial charge in [0.2, 0.25) is 5.91 Å². The summed E-state index contributed by atoms with van der Waals surface area (Å²) in [6, 6.07) is 0. The Morgan fingerprint density at radius 3 is 2.27 bits per heavy atom. The lowest BCUT2D eigenvalue weighted by Crippen LogP contribution is -2.64. The third-order valence-electron chi connectivity index (χ3n) is 2.52. The van der Waals surface area contributed by atoms with Crippen LogP contribution in [0, 0.1) is 0 Å². The van der Waals surface area contributed by atoms with Gasteiger partial charge in [-0.15, -0.1) is 0 Å². The monoisotopic (exact) mass is 157 g/mol. The van der Waals surface area contributed by atoms with E-state index in [2.05, 4.69) is 5.32 Å². The lowest BCUT2D eigenvalue weighted by molar-refractivity contribution is -0.155. The van der Waals surface area contributed by atoms with Crippen LogP contribution < -0.4 is 5.32 Å². The summed E-state index contributed by atoms with van der Waals surface area (Å²) in [4.78, 5) is 10.9. The second-order valence-electron chi connectivity index (χ2n) is 3.97. The van der Waals surface area contributed by atoms with E-state index in [1.54, 1.807) is 0 Å². The van der Waals surface area contributed by atoms with E-state index >= 15 is 0 Å². The van der Waals surface area contributed by atoms with Gasteiger partial charge in [-0.3, -0.25) is 4.79 Å². The Morgan fingerprint density at radius 2 is 1.91 bits per heavy atom. The zero-order valence-electron chi connectivity index (χ0n) is 7.52. The molecular weight excluding hydrogens is 142 g/mol. The van der Waals surface area contributed by atoms with Crippen molar-refractivity contribution in [3.63, 3.8) is 0 Å². The standard InChI is InChI=1S/C8H15NO2/c1-7(2)8(3,4)11-5-6(10)9-7/h5H2,1-4H3,(H,9,10). The van der Waals surface area contributed by atoms with Crippen molar-refractivity contribution in [3.8, 4) is 0 Å². The molecule has 3 nitrogen and oxygen atoms in total. The number of hydrogen-bond acceptors (Lipinski definition) is 2. The van der Waals surface area contributed by atoms with Crippen LogP contribution >= 0.6 is 0 Å². The number of carbonyl (C=O) groups excluding carboxylic acids is 1. The average Bonchev–Trinajstić information content (AvgIpc) is 1.80. The number of hydrogen-bond donors (Lipinski definition) is 1. The number of morpholine rings is 1. The molecular formula is C8H15NO2. The Bertz CT molecular complexity index is 185. The Labute approximate surface area is 67.1 Å². The third-order valence-corrected chi connectivity index (χ3v) is 2.52. The Hall–Kier alpha value is -0.570. The van der Waals surface area contributed by atoms with Crippen molar-refractivity contribution < 1.29 is 9.53 Å². The molecule has 1 aliphatic rings. The van der Waals surface area contributed by atoms with Gasteiger partial charge in [-0.05, 0) is 27.7 Å². The molecule has 0 aliphatic carbocycles. The van der Waals surface area contributed by atoms with Gasteiger partial charge in [0.1, 0.15) is 6.61 Å². The van der Waals surface area contributed by atoms with Gasteiger partial charge in [0, 0.05) is 0 Å². The fourth-order valence-electron chi connectivity index (χ4n) is 0.962. The first-order valence-electron chi connectivity index (χ1n) is 3.80. The minimum absolute atomic E-state index is 0.0330. The molecule has 11 heavy (non-hydrogen) atoms. The highest BCUT2D eigenvalue weighted by molar-refractivity contribution is 5.79. The van der Waals surface area contributed by atoms with E-state index in [1.807, 2.05) is 27.7 Å². The highest BCUT2D eigenvalue weighted by Gasteiger charge is 2.42. The van der Waals surface area contributed by atoms with Gasteiger partial charge in [0.05, 0.1) is 11.1 Å². The first-order chi connectivity index (χ1) is 4.85. The molecule has 1 heterocycles. The molecule has 0 aromatic rings. The predicted molar refractivity (Wildman–Crippen MR) is 42.3 cm³/mol. The molecule has 1 fully saturated rings. The summed E-state index contributed by atoms with van der Waals surface area (Å²) in [7, 11) is 0. The van der Waals surface area contributed by atoms with Crippen molar-refractivity contribution in [1.29, 1.82) is 0 Å². The minimum Gasteiger partial charge on any atom is -0.363 e. The largest absolute Gasteiger partial charge is 0.363 e. The van der Waals surface area contributed by atoms with Gasteiger partial charge in [0.15, 0.2) is 0 Å². The second kappa shape index (κ2) is 2.21. The van der Waals surface area contributed by atoms with E-state index in [0.717, 1.165) is 0 Å². The smallest absolute Gasteiger partial charge is 0.246 e. The van der Waals surface area contributed by atoms with Gasteiger partial charge in [-0.25, -0.2) is 0 Å². The molecule has 0 spiro atoms. The Kier molecular flexibility index (Phi) is 1.71. The average molecular weight is 157 g/mol. The molecule has 0 saturated carbocycles. The van der Waals surface area contributed by atoms with Crippen molar-refractivity contribution in [3.05, 3.63) is 0 Å². The maximum atomic E-state index is 10.9. The van der Waals surface area contributed by atoms with Gasteiger partial charge < -0.3 is 10.1 Å². The van der Waals surface area contributed by atoms with Crippen molar-refractivity contribution >= 4 is 5.91 Å². The first kappa shape index (κ1) is 8.53. The van der Waals surface area contributed by atoms with Crippen LogP contribution in [0.2, 0.25) is 0 Å². The van der Waals surface area contributed by atoms with Crippen molar-refractivity contribution in [2.45, 2.75) is 38.8 Å². The molecule has 0 radical (unpaired) electrons. The summed E-state index contributed by atoms with van der Waals surface area (Å²) in [5.41, 5.74) is -0.552. The third kappa shape index (κ3) is 1.38. The van der Waals surface area contributed by atoms with Gasteiger partial charge in [0.25, 0.3) is 0 Å². The molecule has 0 bridgehead atoms. The maximum absolute atomic E-state index is 10.9. The summed E-state index contributed by atoms with van der Waals surface area (Å²) >= 11 is 0. The number of amides is 1. The lowest BCUT2D eigenvalue weighted by atomic mass is 9.84. The molecule has 0 unspecified atom stereocenters. The number of rotatable bonds is 0. The van der Waals surface area contributed by atoms with E-state index in [4.69, 9.17) is 4.74 Å². The fourth-order valence-corrected chi connectivity index (χ4v) is 0.962. The summed E-state index contributed by atoms with van der Waals surface area (Å²) in [6.07, 6.45) is 0. The van der Waals surface area contributed by atoms with Gasteiger partial charge in [-0.2, -0.15) is 0 Å². The number of nitrogens with one attached hydrogen (secondary N) is 1. The van der Waals surface area contributed by atoms with E-state index in [9.17, 15) is 4.79 Å². The normalized spacial score (nSPS) is 27.8. The van der Waals surface area contributed by atoms with Crippen LogP contribution in [0.25, 0.3) is 0 Å². The van der Waals surface area contributed by atoms with Gasteiger partial charge in [-0.1, -0.05) is 0 Å². The highest BCUT2D eigenvalue weighted by Crippen LogP contribution is 2.27. The fraction of sp³-hybridized carbons (Fsp3) is 0.875. The molecule has 64 valence electrons. The van der Waals surface area contributed by atoms with Crippen molar-refractivity contribution in [2.24, 2.45) is 0 Å². The second-order valence-corrected chi connectivity index (χ2v) is 3.97. The van der Waals surface area contributed by atoms with Crippen LogP contribution in [0.5, 0.6) is 0 Å². The molecule has 3 heteroatoms. The van der Waals surface area contributed by atoms with Crippen LogP contribution in [0.3, 0.4) is 0 Å². The summed E-state index contributed by atoms with van der Waals surface area (Å²) in [5.74, 6) is -0.0330. The zero-order chi connectivity index (χ0) is 8.70. The SMILES string of the molecule is CC1(C)NC(=O)COC1(C)C. The first-order valence-corrected chi connectivity index (χ1v) is 3.80. The number of ether oxygens (including phenoxy) is 1. The van der Waals surface area contributed by atoms with Crippen molar-refractivity contribution in [1.82, 2.24) is 5.32 Å². The highest BCUT2D eigenvalue weighted by atomic mass is 16.5. The lowest BCUT2D eigenvalue weighted by Gasteiger charge is -2.45. The van der Waals surface area contributed by atoms with E-state index in [1.165, 1.54) is 0 Å². The molecule has 1 saturated heterocycles. The Balaban J connectivity index is 2.80. The van der Waals surface area contributed by atoms with Gasteiger partial charge >= 0.3 is 0 Å². The summed E-state index contributed by atoms with van der Waals surface area (Å²) < 4.78 is 5.38. The minimum atomic E-state index is -0.277. The predicted octanol–water partition coefficient (Wildman–Crippen LogP) is 0.690. The maximum Gasteiger partial charge on any atom is 0.246 e. The van der Waals surface area contributed by atoms with Crippen molar-refractivity contribution in [2.75, 3.05) is 6.61 Å². The van der Waals surface area contributed by atoms with Crippen LogP contribution in [0.1, 0.15) is 27.7 Å². The molecule has 1 rings (SSSR count). The van der Waals surface area contributed by atoms with Crippen LogP contribution in [0.15, 0.2) is 0 Å². The van der Waals surface area contributed by atoms with Crippen LogP contribution in [-0.4, -0.2) is 23.7 Å². The number of carbonyl (C=O) groups is 1. The molecule has 1 aliphatic heterocycles. The molecule has 0 aromatic heterocycles. The molecule has 0 atom stereocenters. The van der Waals surface area contributed by atoms with E-state index in [0.29, 0.717) is 0 Å².